The highest BCUT2D eigenvalue weighted by molar-refractivity contribution is 5.90. The lowest BCUT2D eigenvalue weighted by Gasteiger charge is -2.18. The molecule has 1 atom stereocenters. The maximum atomic E-state index is 11.8. The summed E-state index contributed by atoms with van der Waals surface area (Å²) >= 11 is 0. The van der Waals surface area contributed by atoms with Crippen LogP contribution in [-0.4, -0.2) is 12.6 Å². The molecule has 1 unspecified atom stereocenters. The second-order valence-electron chi connectivity index (χ2n) is 4.95. The molecule has 0 saturated heterocycles. The molecule has 2 rings (SSSR count). The molecule has 0 radical (unpaired) electrons. The van der Waals surface area contributed by atoms with E-state index >= 15 is 0 Å². The number of nitrogens with one attached hydrogen (secondary N) is 1. The summed E-state index contributed by atoms with van der Waals surface area (Å²) in [6.45, 7) is 4.23. The number of hydrogen-bond donors (Lipinski definition) is 1. The van der Waals surface area contributed by atoms with Crippen molar-refractivity contribution in [2.45, 2.75) is 19.9 Å². The number of ether oxygens (including phenoxy) is 1. The summed E-state index contributed by atoms with van der Waals surface area (Å²) in [5.41, 5.74) is 2.88. The first kappa shape index (κ1) is 15.8. The molecule has 0 fully saturated rings. The molecule has 0 aliphatic rings. The normalized spacial score (nSPS) is 12.5. The highest BCUT2D eigenvalue weighted by Gasteiger charge is 2.10. The molecule has 0 aliphatic carbocycles. The van der Waals surface area contributed by atoms with E-state index in [0.717, 1.165) is 16.8 Å². The number of carbonyl (C=O) groups excluding carboxylic acids is 1. The van der Waals surface area contributed by atoms with Gasteiger partial charge in [0.15, 0.2) is 0 Å². The molecule has 0 aromatic heterocycles. The van der Waals surface area contributed by atoms with Crippen LogP contribution in [0.25, 0.3) is 5.70 Å². The van der Waals surface area contributed by atoms with E-state index in [9.17, 15) is 4.79 Å². The Bertz CT molecular complexity index is 620. The van der Waals surface area contributed by atoms with Gasteiger partial charge in [-0.05, 0) is 25.0 Å². The Morgan fingerprint density at radius 3 is 2.27 bits per heavy atom. The quantitative estimate of drug-likeness (QED) is 0.648. The van der Waals surface area contributed by atoms with Gasteiger partial charge in [-0.3, -0.25) is 0 Å². The highest BCUT2D eigenvalue weighted by atomic mass is 16.5. The average molecular weight is 295 g/mol. The van der Waals surface area contributed by atoms with Gasteiger partial charge >= 0.3 is 5.97 Å². The first-order chi connectivity index (χ1) is 10.7. The Balaban J connectivity index is 2.23. The second kappa shape index (κ2) is 8.03. The first-order valence-corrected chi connectivity index (χ1v) is 7.46. The summed E-state index contributed by atoms with van der Waals surface area (Å²) in [4.78, 5) is 11.8. The maximum absolute atomic E-state index is 11.8. The number of esters is 1. The fraction of sp³-hybridized carbons (Fsp3) is 0.211. The summed E-state index contributed by atoms with van der Waals surface area (Å²) in [6, 6.07) is 20.0. The minimum atomic E-state index is -0.339. The van der Waals surface area contributed by atoms with Crippen molar-refractivity contribution in [2.75, 3.05) is 6.61 Å². The number of benzene rings is 2. The van der Waals surface area contributed by atoms with E-state index < -0.39 is 0 Å². The van der Waals surface area contributed by atoms with Crippen LogP contribution in [0.5, 0.6) is 0 Å². The highest BCUT2D eigenvalue weighted by Crippen LogP contribution is 2.18. The Hall–Kier alpha value is -2.55. The molecule has 2 aromatic carbocycles. The molecular formula is C19H21NO2. The third-order valence-corrected chi connectivity index (χ3v) is 3.31. The second-order valence-corrected chi connectivity index (χ2v) is 4.95. The lowest BCUT2D eigenvalue weighted by Crippen LogP contribution is -2.18. The fourth-order valence-corrected chi connectivity index (χ4v) is 2.19. The third kappa shape index (κ3) is 4.48. The summed E-state index contributed by atoms with van der Waals surface area (Å²) in [7, 11) is 0. The van der Waals surface area contributed by atoms with Crippen molar-refractivity contribution < 1.29 is 9.53 Å². The minimum absolute atomic E-state index is 0.0853. The molecule has 0 bridgehead atoms. The van der Waals surface area contributed by atoms with Crippen molar-refractivity contribution in [2.24, 2.45) is 0 Å². The van der Waals surface area contributed by atoms with Gasteiger partial charge in [0.05, 0.1) is 6.61 Å². The van der Waals surface area contributed by atoms with Crippen molar-refractivity contribution in [3.8, 4) is 0 Å². The molecule has 114 valence electrons. The SMILES string of the molecule is CCOC(=O)C=C(NC(C)c1ccccc1)c1ccccc1. The molecule has 22 heavy (non-hydrogen) atoms. The predicted octanol–water partition coefficient (Wildman–Crippen LogP) is 3.94. The number of carbonyl (C=O) groups is 1. The lowest BCUT2D eigenvalue weighted by atomic mass is 10.1. The molecular weight excluding hydrogens is 274 g/mol. The Morgan fingerprint density at radius 2 is 1.68 bits per heavy atom. The molecule has 0 amide bonds. The van der Waals surface area contributed by atoms with Gasteiger partial charge in [0, 0.05) is 17.8 Å². The summed E-state index contributed by atoms with van der Waals surface area (Å²) in [5, 5.41) is 3.40. The van der Waals surface area contributed by atoms with Crippen molar-refractivity contribution in [3.05, 3.63) is 77.9 Å². The van der Waals surface area contributed by atoms with E-state index in [1.165, 1.54) is 6.08 Å². The average Bonchev–Trinajstić information content (AvgIpc) is 2.56. The van der Waals surface area contributed by atoms with Gasteiger partial charge in [-0.25, -0.2) is 4.79 Å². The van der Waals surface area contributed by atoms with Crippen molar-refractivity contribution in [3.63, 3.8) is 0 Å². The van der Waals surface area contributed by atoms with Crippen LogP contribution >= 0.6 is 0 Å². The topological polar surface area (TPSA) is 38.3 Å². The van der Waals surface area contributed by atoms with Gasteiger partial charge < -0.3 is 10.1 Å². The predicted molar refractivity (Wildman–Crippen MR) is 89.0 cm³/mol. The first-order valence-electron chi connectivity index (χ1n) is 7.46. The minimum Gasteiger partial charge on any atom is -0.463 e. The maximum Gasteiger partial charge on any atom is 0.332 e. The Kier molecular flexibility index (Phi) is 5.78. The van der Waals surface area contributed by atoms with Crippen LogP contribution in [0.1, 0.15) is 31.0 Å². The van der Waals surface area contributed by atoms with Gasteiger partial charge in [0.25, 0.3) is 0 Å². The summed E-state index contributed by atoms with van der Waals surface area (Å²) in [6.07, 6.45) is 1.51. The van der Waals surface area contributed by atoms with Crippen molar-refractivity contribution in [1.82, 2.24) is 5.32 Å². The third-order valence-electron chi connectivity index (χ3n) is 3.31. The van der Waals surface area contributed by atoms with Gasteiger partial charge in [-0.2, -0.15) is 0 Å². The van der Waals surface area contributed by atoms with Crippen molar-refractivity contribution >= 4 is 11.7 Å². The molecule has 0 heterocycles. The smallest absolute Gasteiger partial charge is 0.332 e. The van der Waals surface area contributed by atoms with Crippen LogP contribution in [-0.2, 0) is 9.53 Å². The lowest BCUT2D eigenvalue weighted by molar-refractivity contribution is -0.137. The monoisotopic (exact) mass is 295 g/mol. The van der Waals surface area contributed by atoms with Crippen LogP contribution in [0.15, 0.2) is 66.7 Å². The zero-order valence-corrected chi connectivity index (χ0v) is 13.0. The number of rotatable bonds is 6. The van der Waals surface area contributed by atoms with Crippen LogP contribution in [0, 0.1) is 0 Å². The van der Waals surface area contributed by atoms with Gasteiger partial charge in [-0.1, -0.05) is 60.7 Å². The van der Waals surface area contributed by atoms with Crippen LogP contribution in [0.4, 0.5) is 0 Å². The zero-order valence-electron chi connectivity index (χ0n) is 13.0. The zero-order chi connectivity index (χ0) is 15.8. The van der Waals surface area contributed by atoms with E-state index in [1.807, 2.05) is 48.5 Å². The van der Waals surface area contributed by atoms with Gasteiger partial charge in [0.1, 0.15) is 0 Å². The molecule has 1 N–H and O–H groups in total. The van der Waals surface area contributed by atoms with Crippen LogP contribution < -0.4 is 5.32 Å². The van der Waals surface area contributed by atoms with E-state index in [-0.39, 0.29) is 12.0 Å². The molecule has 0 spiro atoms. The van der Waals surface area contributed by atoms with Gasteiger partial charge in [-0.15, -0.1) is 0 Å². The van der Waals surface area contributed by atoms with Crippen LogP contribution in [0.3, 0.4) is 0 Å². The summed E-state index contributed by atoms with van der Waals surface area (Å²) < 4.78 is 5.03. The Morgan fingerprint density at radius 1 is 1.09 bits per heavy atom. The van der Waals surface area contributed by atoms with Crippen LogP contribution in [0.2, 0.25) is 0 Å². The van der Waals surface area contributed by atoms with E-state index in [0.29, 0.717) is 6.61 Å². The molecule has 3 heteroatoms. The molecule has 0 saturated carbocycles. The fourth-order valence-electron chi connectivity index (χ4n) is 2.19. The standard InChI is InChI=1S/C19H21NO2/c1-3-22-19(21)14-18(17-12-8-5-9-13-17)20-15(2)16-10-6-4-7-11-16/h4-15,20H,3H2,1-2H3. The number of hydrogen-bond acceptors (Lipinski definition) is 3. The van der Waals surface area contributed by atoms with E-state index in [4.69, 9.17) is 4.74 Å². The van der Waals surface area contributed by atoms with E-state index in [1.54, 1.807) is 6.92 Å². The largest absolute Gasteiger partial charge is 0.463 e. The van der Waals surface area contributed by atoms with Gasteiger partial charge in [0.2, 0.25) is 0 Å². The molecule has 2 aromatic rings. The molecule has 0 aliphatic heterocycles. The van der Waals surface area contributed by atoms with Crippen molar-refractivity contribution in [1.29, 1.82) is 0 Å². The summed E-state index contributed by atoms with van der Waals surface area (Å²) in [5.74, 6) is -0.339. The molecule has 3 nitrogen and oxygen atoms in total. The Labute approximate surface area is 131 Å². The van der Waals surface area contributed by atoms with E-state index in [2.05, 4.69) is 24.4 Å².